The van der Waals surface area contributed by atoms with Crippen LogP contribution in [0.4, 0.5) is 52.7 Å². The van der Waals surface area contributed by atoms with E-state index in [1.54, 1.807) is 47.0 Å². The first-order valence-corrected chi connectivity index (χ1v) is 25.8. The Hall–Kier alpha value is -10.4. The van der Waals surface area contributed by atoms with Crippen LogP contribution in [0.5, 0.6) is 0 Å². The molecule has 0 spiro atoms. The van der Waals surface area contributed by atoms with Gasteiger partial charge in [-0.3, -0.25) is 0 Å². The summed E-state index contributed by atoms with van der Waals surface area (Å²) in [6, 6.07) is 55.4. The first-order valence-electron chi connectivity index (χ1n) is 25.8. The highest BCUT2D eigenvalue weighted by molar-refractivity contribution is 6.13. The molecule has 0 bridgehead atoms. The van der Waals surface area contributed by atoms with Gasteiger partial charge in [-0.05, 0) is 107 Å². The number of hydrogen-bond donors (Lipinski definition) is 0. The average Bonchev–Trinajstić information content (AvgIpc) is 1.86. The molecule has 18 heteroatoms. The number of halogens is 12. The lowest BCUT2D eigenvalue weighted by Crippen LogP contribution is -2.11. The molecule has 3 heterocycles. The maximum atomic E-state index is 14.5. The van der Waals surface area contributed by atoms with E-state index in [9.17, 15) is 57.9 Å². The van der Waals surface area contributed by atoms with E-state index in [1.807, 2.05) is 97.1 Å². The zero-order valence-corrected chi connectivity index (χ0v) is 43.5. The predicted octanol–water partition coefficient (Wildman–Crippen LogP) is 19.6. The van der Waals surface area contributed by atoms with Gasteiger partial charge in [0, 0.05) is 44.2 Å². The summed E-state index contributed by atoms with van der Waals surface area (Å²) in [5.41, 5.74) is -2.67. The van der Waals surface area contributed by atoms with Crippen molar-refractivity contribution in [3.05, 3.63) is 246 Å². The molecule has 12 aromatic rings. The number of fused-ring (bicyclic) bond motifs is 3. The molecular formula is C67H36F12N6. The third-order valence-corrected chi connectivity index (χ3v) is 14.3. The molecule has 12 rings (SSSR count). The molecule has 85 heavy (non-hydrogen) atoms. The highest BCUT2D eigenvalue weighted by Crippen LogP contribution is 2.47. The topological polar surface area (TPSA) is 80.3 Å². The van der Waals surface area contributed by atoms with Crippen LogP contribution in [0, 0.1) is 11.3 Å². The molecule has 0 fully saturated rings. The summed E-state index contributed by atoms with van der Waals surface area (Å²) in [6.07, 6.45) is -21.0. The van der Waals surface area contributed by atoms with Crippen LogP contribution in [-0.4, -0.2) is 24.5 Å². The second kappa shape index (κ2) is 21.1. The van der Waals surface area contributed by atoms with Gasteiger partial charge in [0.25, 0.3) is 0 Å². The van der Waals surface area contributed by atoms with E-state index >= 15 is 0 Å². The van der Waals surface area contributed by atoms with Crippen molar-refractivity contribution in [3.63, 3.8) is 0 Å². The molecular weight excluding hydrogens is 1120 g/mol. The average molecular weight is 1150 g/mol. The minimum atomic E-state index is -5.24. The van der Waals surface area contributed by atoms with Crippen molar-refractivity contribution in [1.82, 2.24) is 24.5 Å². The van der Waals surface area contributed by atoms with Gasteiger partial charge < -0.3 is 4.57 Å². The molecule has 3 aromatic heterocycles. The molecule has 0 saturated heterocycles. The van der Waals surface area contributed by atoms with E-state index < -0.39 is 58.1 Å². The normalized spacial score (nSPS) is 12.2. The van der Waals surface area contributed by atoms with E-state index in [0.717, 1.165) is 0 Å². The van der Waals surface area contributed by atoms with Crippen molar-refractivity contribution in [1.29, 1.82) is 5.26 Å². The largest absolute Gasteiger partial charge is 0.416 e. The third kappa shape index (κ3) is 11.0. The van der Waals surface area contributed by atoms with E-state index in [0.29, 0.717) is 63.6 Å². The first kappa shape index (κ1) is 55.1. The molecule has 0 unspecified atom stereocenters. The van der Waals surface area contributed by atoms with Crippen molar-refractivity contribution in [2.24, 2.45) is 0 Å². The fraction of sp³-hybridized carbons (Fsp3) is 0.0597. The molecule has 418 valence electrons. The van der Waals surface area contributed by atoms with Crippen molar-refractivity contribution >= 4 is 21.8 Å². The van der Waals surface area contributed by atoms with Crippen molar-refractivity contribution in [2.45, 2.75) is 24.7 Å². The van der Waals surface area contributed by atoms with Crippen molar-refractivity contribution in [2.75, 3.05) is 0 Å². The van der Waals surface area contributed by atoms with E-state index in [4.69, 9.17) is 19.9 Å². The number of nitriles is 1. The fourth-order valence-corrected chi connectivity index (χ4v) is 10.3. The molecule has 6 nitrogen and oxygen atoms in total. The summed E-state index contributed by atoms with van der Waals surface area (Å²) in [5.74, 6) is 0.292. The van der Waals surface area contributed by atoms with Crippen LogP contribution in [-0.2, 0) is 24.7 Å². The summed E-state index contributed by atoms with van der Waals surface area (Å²) in [6.45, 7) is 0. The Morgan fingerprint density at radius 1 is 0.306 bits per heavy atom. The predicted molar refractivity (Wildman–Crippen MR) is 300 cm³/mol. The standard InChI is InChI=1S/C67H36F12N6/c68-64(69,70)47-27-45(28-48(33-47)65(71,72)73)43-21-23-59-51(31-43)52-32-44(46-29-49(66(74,75)76)34-50(30-46)67(77,78)79)22-24-60(52)85(59)61-53(58-36-57(41-17-9-3-10-18-41)81-62(84-58)42-19-11-4-12-20-42)25-38(37-80)26-54(61)63-82-55(39-13-5-1-6-14-39)35-56(83-63)40-15-7-2-8-16-40/h1-36H. The lowest BCUT2D eigenvalue weighted by atomic mass is 9.96. The Morgan fingerprint density at radius 3 is 1.02 bits per heavy atom. The van der Waals surface area contributed by atoms with Crippen LogP contribution >= 0.6 is 0 Å². The maximum Gasteiger partial charge on any atom is 0.416 e. The van der Waals surface area contributed by atoms with Gasteiger partial charge in [-0.2, -0.15) is 57.9 Å². The Bertz CT molecular complexity index is 4130. The summed E-state index contributed by atoms with van der Waals surface area (Å²) in [4.78, 5) is 20.4. The lowest BCUT2D eigenvalue weighted by molar-refractivity contribution is -0.144. The monoisotopic (exact) mass is 1150 g/mol. The quantitative estimate of drug-likeness (QED) is 0.135. The molecule has 0 radical (unpaired) electrons. The Kier molecular flexibility index (Phi) is 13.7. The van der Waals surface area contributed by atoms with Crippen molar-refractivity contribution in [3.8, 4) is 102 Å². The highest BCUT2D eigenvalue weighted by atomic mass is 19.4. The SMILES string of the molecule is N#Cc1cc(-c2cc(-c3ccccc3)nc(-c3ccccc3)n2)c(-n2c3ccc(-c4cc(C(F)(F)F)cc(C(F)(F)F)c4)cc3c3cc(-c4cc(C(F)(F)F)cc(C(F)(F)F)c4)ccc32)c(-c2nc(-c3ccccc3)cc(-c3ccccc3)n2)c1. The van der Waals surface area contributed by atoms with E-state index in [1.165, 1.54) is 42.5 Å². The summed E-state index contributed by atoms with van der Waals surface area (Å²) in [5, 5.41) is 11.2. The second-order valence-corrected chi connectivity index (χ2v) is 19.8. The number of alkyl halides is 12. The van der Waals surface area contributed by atoms with Crippen LogP contribution < -0.4 is 0 Å². The summed E-state index contributed by atoms with van der Waals surface area (Å²) >= 11 is 0. The zero-order chi connectivity index (χ0) is 59.6. The minimum Gasteiger partial charge on any atom is -0.308 e. The summed E-state index contributed by atoms with van der Waals surface area (Å²) < 4.78 is 175. The smallest absolute Gasteiger partial charge is 0.308 e. The Morgan fingerprint density at radius 2 is 0.647 bits per heavy atom. The van der Waals surface area contributed by atoms with Gasteiger partial charge in [0.15, 0.2) is 11.6 Å². The number of aromatic nitrogens is 5. The second-order valence-electron chi connectivity index (χ2n) is 19.8. The van der Waals surface area contributed by atoms with Gasteiger partial charge in [0.05, 0.1) is 73.4 Å². The highest BCUT2D eigenvalue weighted by Gasteiger charge is 2.39. The van der Waals surface area contributed by atoms with Gasteiger partial charge >= 0.3 is 24.7 Å². The van der Waals surface area contributed by atoms with Gasteiger partial charge in [0.1, 0.15) is 0 Å². The number of rotatable bonds is 9. The van der Waals surface area contributed by atoms with Crippen molar-refractivity contribution < 1.29 is 52.7 Å². The van der Waals surface area contributed by atoms with Crippen LogP contribution in [0.2, 0.25) is 0 Å². The Labute approximate surface area is 475 Å². The maximum absolute atomic E-state index is 14.5. The molecule has 0 aliphatic heterocycles. The van der Waals surface area contributed by atoms with Crippen LogP contribution in [0.1, 0.15) is 27.8 Å². The minimum absolute atomic E-state index is 0.0178. The molecule has 0 N–H and O–H groups in total. The first-order chi connectivity index (χ1) is 40.6. The lowest BCUT2D eigenvalue weighted by Gasteiger charge is -2.20. The molecule has 9 aromatic carbocycles. The number of benzene rings is 9. The van der Waals surface area contributed by atoms with Crippen LogP contribution in [0.25, 0.3) is 118 Å². The van der Waals surface area contributed by atoms with Gasteiger partial charge in [0.2, 0.25) is 0 Å². The summed E-state index contributed by atoms with van der Waals surface area (Å²) in [7, 11) is 0. The molecule has 0 atom stereocenters. The molecule has 0 aliphatic rings. The molecule has 0 saturated carbocycles. The molecule has 0 aliphatic carbocycles. The van der Waals surface area contributed by atoms with E-state index in [2.05, 4.69) is 6.07 Å². The number of nitrogens with zero attached hydrogens (tertiary/aromatic N) is 6. The Balaban J connectivity index is 1.24. The van der Waals surface area contributed by atoms with Gasteiger partial charge in [-0.25, -0.2) is 19.9 Å². The molecule has 0 amide bonds. The number of hydrogen-bond acceptors (Lipinski definition) is 5. The zero-order valence-electron chi connectivity index (χ0n) is 43.5. The van der Waals surface area contributed by atoms with Crippen LogP contribution in [0.3, 0.4) is 0 Å². The van der Waals surface area contributed by atoms with Gasteiger partial charge in [-0.1, -0.05) is 133 Å². The van der Waals surface area contributed by atoms with E-state index in [-0.39, 0.29) is 84.8 Å². The third-order valence-electron chi connectivity index (χ3n) is 14.3. The van der Waals surface area contributed by atoms with Crippen LogP contribution in [0.15, 0.2) is 218 Å². The fourth-order valence-electron chi connectivity index (χ4n) is 10.3. The van der Waals surface area contributed by atoms with Gasteiger partial charge in [-0.15, -0.1) is 0 Å².